The summed E-state index contributed by atoms with van der Waals surface area (Å²) < 4.78 is 28.3. The zero-order valence-electron chi connectivity index (χ0n) is 12.9. The highest BCUT2D eigenvalue weighted by molar-refractivity contribution is 7.86. The summed E-state index contributed by atoms with van der Waals surface area (Å²) in [5, 5.41) is 8.99. The molecule has 0 aromatic heterocycles. The minimum absolute atomic E-state index is 0.0865. The van der Waals surface area contributed by atoms with Crippen molar-refractivity contribution in [3.8, 4) is 0 Å². The molecule has 7 heteroatoms. The van der Waals surface area contributed by atoms with Gasteiger partial charge in [-0.2, -0.15) is 17.0 Å². The average molecular weight is 318 g/mol. The maximum absolute atomic E-state index is 12.6. The number of carboxylic acid groups (broad SMARTS) is 1. The third kappa shape index (κ3) is 3.76. The van der Waals surface area contributed by atoms with E-state index in [1.165, 1.54) is 8.61 Å². The van der Waals surface area contributed by atoms with E-state index < -0.39 is 22.1 Å². The summed E-state index contributed by atoms with van der Waals surface area (Å²) in [5.74, 6) is -0.539. The van der Waals surface area contributed by atoms with Crippen molar-refractivity contribution in [1.82, 2.24) is 8.61 Å². The van der Waals surface area contributed by atoms with Crippen molar-refractivity contribution in [2.45, 2.75) is 51.5 Å². The van der Waals surface area contributed by atoms with Crippen LogP contribution in [0.5, 0.6) is 0 Å². The summed E-state index contributed by atoms with van der Waals surface area (Å²) >= 11 is 0. The van der Waals surface area contributed by atoms with Gasteiger partial charge >= 0.3 is 5.97 Å². The van der Waals surface area contributed by atoms with Crippen LogP contribution in [-0.4, -0.2) is 54.3 Å². The van der Waals surface area contributed by atoms with Crippen LogP contribution < -0.4 is 0 Å². The largest absolute Gasteiger partial charge is 0.481 e. The van der Waals surface area contributed by atoms with E-state index in [1.54, 1.807) is 7.05 Å². The smallest absolute Gasteiger partial charge is 0.306 e. The van der Waals surface area contributed by atoms with Crippen molar-refractivity contribution >= 4 is 16.2 Å². The molecule has 1 saturated heterocycles. The number of piperidine rings is 1. The molecule has 1 aliphatic heterocycles. The topological polar surface area (TPSA) is 77.9 Å². The van der Waals surface area contributed by atoms with Gasteiger partial charge in [0, 0.05) is 26.2 Å². The summed E-state index contributed by atoms with van der Waals surface area (Å²) in [7, 11) is -1.79. The Balaban J connectivity index is 1.96. The first-order chi connectivity index (χ1) is 9.82. The molecule has 1 saturated carbocycles. The van der Waals surface area contributed by atoms with Crippen LogP contribution in [0.1, 0.15) is 45.4 Å². The molecule has 6 nitrogen and oxygen atoms in total. The molecule has 0 aromatic carbocycles. The highest BCUT2D eigenvalue weighted by atomic mass is 32.2. The summed E-state index contributed by atoms with van der Waals surface area (Å²) in [6.07, 6.45) is 4.80. The molecule has 2 aliphatic rings. The van der Waals surface area contributed by atoms with Gasteiger partial charge in [0.2, 0.25) is 0 Å². The van der Waals surface area contributed by atoms with Crippen molar-refractivity contribution in [3.63, 3.8) is 0 Å². The predicted octanol–water partition coefficient (Wildman–Crippen LogP) is 1.54. The van der Waals surface area contributed by atoms with Crippen LogP contribution in [0.3, 0.4) is 0 Å². The van der Waals surface area contributed by atoms with Gasteiger partial charge in [-0.3, -0.25) is 4.79 Å². The molecule has 1 aliphatic carbocycles. The molecular formula is C14H26N2O4S. The Morgan fingerprint density at radius 1 is 1.10 bits per heavy atom. The predicted molar refractivity (Wildman–Crippen MR) is 80.0 cm³/mol. The minimum Gasteiger partial charge on any atom is -0.481 e. The molecule has 1 N–H and O–H groups in total. The van der Waals surface area contributed by atoms with E-state index in [2.05, 4.69) is 6.92 Å². The highest BCUT2D eigenvalue weighted by Gasteiger charge is 2.36. The van der Waals surface area contributed by atoms with Gasteiger partial charge in [0.05, 0.1) is 5.92 Å². The maximum atomic E-state index is 12.6. The standard InChI is InChI=1S/C14H26N2O4S/c1-11-3-5-13(6-4-11)15(2)21(19,20)16-9-7-12(8-10-16)14(17)18/h11-13H,3-10H2,1-2H3,(H,17,18). The molecule has 21 heavy (non-hydrogen) atoms. The van der Waals surface area contributed by atoms with Gasteiger partial charge in [-0.1, -0.05) is 6.92 Å². The third-order valence-corrected chi connectivity index (χ3v) is 7.04. The van der Waals surface area contributed by atoms with Gasteiger partial charge in [-0.25, -0.2) is 0 Å². The van der Waals surface area contributed by atoms with E-state index in [-0.39, 0.29) is 6.04 Å². The SMILES string of the molecule is CC1CCC(N(C)S(=O)(=O)N2CCC(C(=O)O)CC2)CC1. The van der Waals surface area contributed by atoms with Gasteiger partial charge in [0.25, 0.3) is 10.2 Å². The van der Waals surface area contributed by atoms with Crippen LogP contribution in [0, 0.1) is 11.8 Å². The van der Waals surface area contributed by atoms with Gasteiger partial charge in [-0.15, -0.1) is 0 Å². The molecule has 2 fully saturated rings. The monoisotopic (exact) mass is 318 g/mol. The number of hydrogen-bond acceptors (Lipinski definition) is 3. The Labute approximate surface area is 127 Å². The Hall–Kier alpha value is -0.660. The lowest BCUT2D eigenvalue weighted by molar-refractivity contribution is -0.142. The number of rotatable bonds is 4. The van der Waals surface area contributed by atoms with E-state index in [1.807, 2.05) is 0 Å². The molecule has 0 radical (unpaired) electrons. The molecule has 0 aromatic rings. The van der Waals surface area contributed by atoms with Crippen LogP contribution in [-0.2, 0) is 15.0 Å². The van der Waals surface area contributed by atoms with Gasteiger partial charge in [-0.05, 0) is 44.4 Å². The van der Waals surface area contributed by atoms with Gasteiger partial charge in [0.1, 0.15) is 0 Å². The zero-order valence-corrected chi connectivity index (χ0v) is 13.7. The second-order valence-electron chi connectivity index (χ2n) is 6.45. The molecule has 122 valence electrons. The fourth-order valence-electron chi connectivity index (χ4n) is 3.31. The third-order valence-electron chi connectivity index (χ3n) is 4.99. The van der Waals surface area contributed by atoms with Gasteiger partial charge < -0.3 is 5.11 Å². The molecule has 1 heterocycles. The number of carbonyl (C=O) groups is 1. The fraction of sp³-hybridized carbons (Fsp3) is 0.929. The minimum atomic E-state index is -3.45. The summed E-state index contributed by atoms with van der Waals surface area (Å²) in [4.78, 5) is 10.9. The zero-order chi connectivity index (χ0) is 15.6. The normalized spacial score (nSPS) is 29.7. The number of aliphatic carboxylic acids is 1. The first-order valence-corrected chi connectivity index (χ1v) is 9.18. The summed E-state index contributed by atoms with van der Waals surface area (Å²) in [5.41, 5.74) is 0. The quantitative estimate of drug-likeness (QED) is 0.853. The number of carboxylic acids is 1. The molecule has 0 bridgehead atoms. The second kappa shape index (κ2) is 6.62. The lowest BCUT2D eigenvalue weighted by Crippen LogP contribution is -2.50. The summed E-state index contributed by atoms with van der Waals surface area (Å²) in [6.45, 7) is 2.83. The van der Waals surface area contributed by atoms with Crippen molar-refractivity contribution in [2.24, 2.45) is 11.8 Å². The lowest BCUT2D eigenvalue weighted by Gasteiger charge is -2.37. The van der Waals surface area contributed by atoms with E-state index in [9.17, 15) is 13.2 Å². The molecule has 0 amide bonds. The van der Waals surface area contributed by atoms with E-state index in [0.29, 0.717) is 31.8 Å². The highest BCUT2D eigenvalue weighted by Crippen LogP contribution is 2.29. The van der Waals surface area contributed by atoms with E-state index in [0.717, 1.165) is 25.7 Å². The van der Waals surface area contributed by atoms with Gasteiger partial charge in [0.15, 0.2) is 0 Å². The fourth-order valence-corrected chi connectivity index (χ4v) is 4.93. The summed E-state index contributed by atoms with van der Waals surface area (Å²) in [6, 6.07) is 0.0865. The molecule has 0 spiro atoms. The maximum Gasteiger partial charge on any atom is 0.306 e. The first-order valence-electron chi connectivity index (χ1n) is 7.78. The lowest BCUT2D eigenvalue weighted by atomic mass is 9.87. The Bertz CT molecular complexity index is 463. The van der Waals surface area contributed by atoms with Crippen molar-refractivity contribution in [2.75, 3.05) is 20.1 Å². The van der Waals surface area contributed by atoms with E-state index in [4.69, 9.17) is 5.11 Å². The average Bonchev–Trinajstić information content (AvgIpc) is 2.47. The van der Waals surface area contributed by atoms with E-state index >= 15 is 0 Å². The first kappa shape index (κ1) is 16.7. The van der Waals surface area contributed by atoms with Crippen LogP contribution in [0.15, 0.2) is 0 Å². The van der Waals surface area contributed by atoms with Crippen LogP contribution >= 0.6 is 0 Å². The van der Waals surface area contributed by atoms with Crippen LogP contribution in [0.2, 0.25) is 0 Å². The van der Waals surface area contributed by atoms with Crippen molar-refractivity contribution in [3.05, 3.63) is 0 Å². The number of hydrogen-bond donors (Lipinski definition) is 1. The molecule has 2 rings (SSSR count). The Morgan fingerprint density at radius 3 is 2.10 bits per heavy atom. The molecular weight excluding hydrogens is 292 g/mol. The molecule has 0 atom stereocenters. The van der Waals surface area contributed by atoms with Crippen molar-refractivity contribution < 1.29 is 18.3 Å². The van der Waals surface area contributed by atoms with Crippen LogP contribution in [0.4, 0.5) is 0 Å². The number of nitrogens with zero attached hydrogens (tertiary/aromatic N) is 2. The van der Waals surface area contributed by atoms with Crippen molar-refractivity contribution in [1.29, 1.82) is 0 Å². The Kier molecular flexibility index (Phi) is 5.27. The van der Waals surface area contributed by atoms with Crippen LogP contribution in [0.25, 0.3) is 0 Å². The second-order valence-corrected chi connectivity index (χ2v) is 8.44. The molecule has 0 unspecified atom stereocenters. The Morgan fingerprint density at radius 2 is 1.62 bits per heavy atom.